The molecule has 0 unspecified atom stereocenters. The molecule has 7 heteroatoms. The van der Waals surface area contributed by atoms with Crippen LogP contribution in [0.3, 0.4) is 0 Å². The molecule has 2 aromatic heterocycles. The summed E-state index contributed by atoms with van der Waals surface area (Å²) < 4.78 is 7.68. The number of ether oxygens (including phenoxy) is 1. The average molecular weight is 380 g/mol. The van der Waals surface area contributed by atoms with E-state index >= 15 is 0 Å². The fourth-order valence-electron chi connectivity index (χ4n) is 2.79. The summed E-state index contributed by atoms with van der Waals surface area (Å²) in [5.41, 5.74) is 2.05. The number of aliphatic imine (C=N–C) groups is 1. The zero-order valence-corrected chi connectivity index (χ0v) is 16.3. The lowest BCUT2D eigenvalue weighted by Crippen LogP contribution is -2.37. The standard InChI is InChI=1S/C21H28N6O/c1-2-22-21(24-16-20-26-25-19-12-6-8-14-27(19)20)23-13-7-9-15-28-17-18-10-4-3-5-11-18/h3-6,8,10-12,14H,2,7,9,13,15-17H2,1H3,(H2,22,23,24). The fraction of sp³-hybridized carbons (Fsp3) is 0.381. The lowest BCUT2D eigenvalue weighted by molar-refractivity contribution is 0.117. The third-order valence-electron chi connectivity index (χ3n) is 4.23. The van der Waals surface area contributed by atoms with E-state index in [-0.39, 0.29) is 0 Å². The Hall–Kier alpha value is -2.93. The Bertz CT molecular complexity index is 861. The first-order chi connectivity index (χ1) is 13.9. The average Bonchev–Trinajstić information content (AvgIpc) is 3.15. The SMILES string of the molecule is CCNC(=NCc1nnc2ccccn12)NCCCCOCc1ccccc1. The van der Waals surface area contributed by atoms with E-state index in [0.717, 1.165) is 50.0 Å². The number of nitrogens with zero attached hydrogens (tertiary/aromatic N) is 4. The molecule has 0 amide bonds. The van der Waals surface area contributed by atoms with Crippen molar-refractivity contribution in [3.63, 3.8) is 0 Å². The van der Waals surface area contributed by atoms with Crippen LogP contribution in [0.4, 0.5) is 0 Å². The molecule has 7 nitrogen and oxygen atoms in total. The van der Waals surface area contributed by atoms with Crippen molar-refractivity contribution < 1.29 is 4.74 Å². The van der Waals surface area contributed by atoms with E-state index in [1.54, 1.807) is 0 Å². The lowest BCUT2D eigenvalue weighted by atomic mass is 10.2. The molecule has 0 atom stereocenters. The van der Waals surface area contributed by atoms with Crippen molar-refractivity contribution in [3.8, 4) is 0 Å². The summed E-state index contributed by atoms with van der Waals surface area (Å²) in [7, 11) is 0. The number of rotatable bonds is 10. The summed E-state index contributed by atoms with van der Waals surface area (Å²) >= 11 is 0. The van der Waals surface area contributed by atoms with Gasteiger partial charge in [0.1, 0.15) is 6.54 Å². The van der Waals surface area contributed by atoms with Gasteiger partial charge in [0, 0.05) is 25.9 Å². The first-order valence-electron chi connectivity index (χ1n) is 9.79. The van der Waals surface area contributed by atoms with Crippen molar-refractivity contribution in [1.82, 2.24) is 25.2 Å². The quantitative estimate of drug-likeness (QED) is 0.321. The molecule has 1 aromatic carbocycles. The normalized spacial score (nSPS) is 11.7. The first-order valence-corrected chi connectivity index (χ1v) is 9.79. The third kappa shape index (κ3) is 6.06. The number of guanidine groups is 1. The minimum atomic E-state index is 0.473. The Kier molecular flexibility index (Phi) is 7.81. The molecule has 0 saturated carbocycles. The van der Waals surface area contributed by atoms with Gasteiger partial charge in [0.15, 0.2) is 17.4 Å². The number of unbranched alkanes of at least 4 members (excludes halogenated alkanes) is 1. The maximum atomic E-state index is 5.72. The largest absolute Gasteiger partial charge is 0.377 e. The van der Waals surface area contributed by atoms with Crippen LogP contribution >= 0.6 is 0 Å². The van der Waals surface area contributed by atoms with Crippen LogP contribution in [0.1, 0.15) is 31.2 Å². The molecule has 3 rings (SSSR count). The van der Waals surface area contributed by atoms with Crippen molar-refractivity contribution >= 4 is 11.6 Å². The van der Waals surface area contributed by atoms with Crippen LogP contribution in [0.2, 0.25) is 0 Å². The molecule has 0 aliphatic carbocycles. The van der Waals surface area contributed by atoms with Crippen LogP contribution in [0.5, 0.6) is 0 Å². The van der Waals surface area contributed by atoms with Gasteiger partial charge in [-0.1, -0.05) is 36.4 Å². The molecular weight excluding hydrogens is 352 g/mol. The molecule has 2 heterocycles. The summed E-state index contributed by atoms with van der Waals surface area (Å²) in [6.45, 7) is 5.62. The van der Waals surface area contributed by atoms with E-state index in [4.69, 9.17) is 4.74 Å². The molecule has 148 valence electrons. The highest BCUT2D eigenvalue weighted by molar-refractivity contribution is 5.79. The van der Waals surface area contributed by atoms with Gasteiger partial charge in [-0.05, 0) is 37.5 Å². The van der Waals surface area contributed by atoms with Crippen LogP contribution in [0, 0.1) is 0 Å². The maximum Gasteiger partial charge on any atom is 0.191 e. The summed E-state index contributed by atoms with van der Waals surface area (Å²) in [6, 6.07) is 16.1. The highest BCUT2D eigenvalue weighted by Crippen LogP contribution is 2.04. The molecule has 0 radical (unpaired) electrons. The second-order valence-corrected chi connectivity index (χ2v) is 6.41. The number of fused-ring (bicyclic) bond motifs is 1. The van der Waals surface area contributed by atoms with Crippen molar-refractivity contribution in [2.45, 2.75) is 32.9 Å². The minimum absolute atomic E-state index is 0.473. The van der Waals surface area contributed by atoms with Crippen molar-refractivity contribution in [1.29, 1.82) is 0 Å². The smallest absolute Gasteiger partial charge is 0.191 e. The molecule has 2 N–H and O–H groups in total. The minimum Gasteiger partial charge on any atom is -0.377 e. The molecule has 0 saturated heterocycles. The topological polar surface area (TPSA) is 75.8 Å². The number of pyridine rings is 1. The second-order valence-electron chi connectivity index (χ2n) is 6.41. The van der Waals surface area contributed by atoms with Crippen LogP contribution < -0.4 is 10.6 Å². The maximum absolute atomic E-state index is 5.72. The number of aromatic nitrogens is 3. The van der Waals surface area contributed by atoms with Crippen LogP contribution in [0.25, 0.3) is 5.65 Å². The van der Waals surface area contributed by atoms with Gasteiger partial charge in [0.2, 0.25) is 0 Å². The Labute approximate surface area is 165 Å². The highest BCUT2D eigenvalue weighted by atomic mass is 16.5. The van der Waals surface area contributed by atoms with Gasteiger partial charge < -0.3 is 15.4 Å². The monoisotopic (exact) mass is 380 g/mol. The molecule has 28 heavy (non-hydrogen) atoms. The summed E-state index contributed by atoms with van der Waals surface area (Å²) in [5.74, 6) is 1.61. The van der Waals surface area contributed by atoms with Crippen LogP contribution in [0.15, 0.2) is 59.7 Å². The van der Waals surface area contributed by atoms with Crippen LogP contribution in [-0.2, 0) is 17.9 Å². The van der Waals surface area contributed by atoms with E-state index < -0.39 is 0 Å². The zero-order chi connectivity index (χ0) is 19.4. The Balaban J connectivity index is 1.37. The summed E-state index contributed by atoms with van der Waals surface area (Å²) in [5, 5.41) is 15.0. The highest BCUT2D eigenvalue weighted by Gasteiger charge is 2.04. The van der Waals surface area contributed by atoms with E-state index in [9.17, 15) is 0 Å². The summed E-state index contributed by atoms with van der Waals surface area (Å²) in [6.07, 6.45) is 3.98. The predicted octanol–water partition coefficient (Wildman–Crippen LogP) is 2.78. The Morgan fingerprint density at radius 2 is 1.89 bits per heavy atom. The van der Waals surface area contributed by atoms with Crippen molar-refractivity contribution in [3.05, 3.63) is 66.1 Å². The van der Waals surface area contributed by atoms with Gasteiger partial charge in [-0.15, -0.1) is 10.2 Å². The molecular formula is C21H28N6O. The molecule has 0 aliphatic rings. The fourth-order valence-corrected chi connectivity index (χ4v) is 2.79. The van der Waals surface area contributed by atoms with Crippen LogP contribution in [-0.4, -0.2) is 40.3 Å². The number of benzene rings is 1. The van der Waals surface area contributed by atoms with E-state index in [1.807, 2.05) is 47.0 Å². The second kappa shape index (κ2) is 11.0. The number of hydrogen-bond donors (Lipinski definition) is 2. The van der Waals surface area contributed by atoms with Gasteiger partial charge in [0.05, 0.1) is 6.61 Å². The predicted molar refractivity (Wildman–Crippen MR) is 111 cm³/mol. The molecule has 0 spiro atoms. The summed E-state index contributed by atoms with van der Waals surface area (Å²) in [4.78, 5) is 4.62. The van der Waals surface area contributed by atoms with Gasteiger partial charge in [-0.25, -0.2) is 4.99 Å². The van der Waals surface area contributed by atoms with Gasteiger partial charge in [0.25, 0.3) is 0 Å². The van der Waals surface area contributed by atoms with Gasteiger partial charge >= 0.3 is 0 Å². The molecule has 3 aromatic rings. The van der Waals surface area contributed by atoms with E-state index in [0.29, 0.717) is 13.2 Å². The zero-order valence-electron chi connectivity index (χ0n) is 16.3. The van der Waals surface area contributed by atoms with Gasteiger partial charge in [-0.3, -0.25) is 4.40 Å². The van der Waals surface area contributed by atoms with Crippen molar-refractivity contribution in [2.75, 3.05) is 19.7 Å². The lowest BCUT2D eigenvalue weighted by Gasteiger charge is -2.11. The van der Waals surface area contributed by atoms with E-state index in [1.165, 1.54) is 5.56 Å². The van der Waals surface area contributed by atoms with Crippen molar-refractivity contribution in [2.24, 2.45) is 4.99 Å². The Morgan fingerprint density at radius 3 is 2.75 bits per heavy atom. The number of hydrogen-bond acceptors (Lipinski definition) is 4. The third-order valence-corrected chi connectivity index (χ3v) is 4.23. The molecule has 0 bridgehead atoms. The Morgan fingerprint density at radius 1 is 1.04 bits per heavy atom. The molecule has 0 fully saturated rings. The van der Waals surface area contributed by atoms with Gasteiger partial charge in [-0.2, -0.15) is 0 Å². The number of nitrogens with one attached hydrogen (secondary N) is 2. The van der Waals surface area contributed by atoms with E-state index in [2.05, 4.69) is 44.9 Å². The molecule has 0 aliphatic heterocycles. The first kappa shape index (κ1) is 19.8.